The molecule has 0 radical (unpaired) electrons. The Morgan fingerprint density at radius 2 is 1.76 bits per heavy atom. The van der Waals surface area contributed by atoms with E-state index in [1.165, 1.54) is 35.7 Å². The normalized spacial score (nSPS) is 12.8. The maximum atomic E-state index is 12.4. The van der Waals surface area contributed by atoms with Crippen molar-refractivity contribution in [1.82, 2.24) is 9.62 Å². The molecular weight excluding hydrogens is 348 g/mol. The molecule has 0 aliphatic carbocycles. The van der Waals surface area contributed by atoms with Crippen LogP contribution in [0.1, 0.15) is 30.6 Å². The Hall–Kier alpha value is -1.97. The van der Waals surface area contributed by atoms with Crippen LogP contribution in [-0.4, -0.2) is 62.6 Å². The minimum Gasteiger partial charge on any atom is -0.480 e. The zero-order chi connectivity index (χ0) is 19.0. The number of ether oxygens (including phenoxy) is 1. The smallest absolute Gasteiger partial charge is 0.326 e. The number of methoxy groups -OCH3 is 1. The van der Waals surface area contributed by atoms with Crippen molar-refractivity contribution in [1.29, 1.82) is 0 Å². The largest absolute Gasteiger partial charge is 0.480 e. The zero-order valence-corrected chi connectivity index (χ0v) is 15.4. The van der Waals surface area contributed by atoms with E-state index in [2.05, 4.69) is 5.32 Å². The predicted octanol–water partition coefficient (Wildman–Crippen LogP) is 0.937. The van der Waals surface area contributed by atoms with Crippen LogP contribution in [0.3, 0.4) is 0 Å². The first-order chi connectivity index (χ1) is 11.8. The van der Waals surface area contributed by atoms with Crippen molar-refractivity contribution in [2.45, 2.75) is 31.2 Å². The molecule has 1 rings (SSSR count). The van der Waals surface area contributed by atoms with Crippen molar-refractivity contribution in [2.24, 2.45) is 0 Å². The number of hydrogen-bond acceptors (Lipinski definition) is 5. The van der Waals surface area contributed by atoms with Crippen molar-refractivity contribution in [2.75, 3.05) is 26.8 Å². The summed E-state index contributed by atoms with van der Waals surface area (Å²) in [7, 11) is -2.16. The molecule has 0 aliphatic heterocycles. The average molecular weight is 372 g/mol. The Labute approximate surface area is 147 Å². The summed E-state index contributed by atoms with van der Waals surface area (Å²) in [4.78, 5) is 23.4. The molecular formula is C16H24N2O6S. The molecule has 25 heavy (non-hydrogen) atoms. The highest BCUT2D eigenvalue weighted by Gasteiger charge is 2.23. The Kier molecular flexibility index (Phi) is 8.01. The molecule has 1 aromatic rings. The van der Waals surface area contributed by atoms with E-state index >= 15 is 0 Å². The van der Waals surface area contributed by atoms with Crippen molar-refractivity contribution < 1.29 is 27.9 Å². The van der Waals surface area contributed by atoms with E-state index in [9.17, 15) is 18.0 Å². The minimum absolute atomic E-state index is 0.0851. The SMILES string of the molecule is CCN(CC)S(=O)(=O)c1ccc(C(=O)NC(CCOC)C(=O)O)cc1. The van der Waals surface area contributed by atoms with E-state index in [1.807, 2.05) is 0 Å². The van der Waals surface area contributed by atoms with Gasteiger partial charge in [0.25, 0.3) is 5.91 Å². The van der Waals surface area contributed by atoms with E-state index in [4.69, 9.17) is 9.84 Å². The summed E-state index contributed by atoms with van der Waals surface area (Å²) in [5.41, 5.74) is 0.183. The predicted molar refractivity (Wildman–Crippen MR) is 91.9 cm³/mol. The minimum atomic E-state index is -3.60. The van der Waals surface area contributed by atoms with Gasteiger partial charge in [0.05, 0.1) is 4.90 Å². The van der Waals surface area contributed by atoms with Crippen LogP contribution < -0.4 is 5.32 Å². The maximum absolute atomic E-state index is 12.4. The number of carboxylic acid groups (broad SMARTS) is 1. The molecule has 0 saturated carbocycles. The monoisotopic (exact) mass is 372 g/mol. The topological polar surface area (TPSA) is 113 Å². The Morgan fingerprint density at radius 3 is 2.20 bits per heavy atom. The van der Waals surface area contributed by atoms with Crippen molar-refractivity contribution in [3.05, 3.63) is 29.8 Å². The van der Waals surface area contributed by atoms with Crippen molar-refractivity contribution in [3.8, 4) is 0 Å². The molecule has 0 fully saturated rings. The van der Waals surface area contributed by atoms with Crippen LogP contribution in [-0.2, 0) is 19.6 Å². The lowest BCUT2D eigenvalue weighted by atomic mass is 10.1. The lowest BCUT2D eigenvalue weighted by Gasteiger charge is -2.18. The van der Waals surface area contributed by atoms with E-state index < -0.39 is 27.9 Å². The van der Waals surface area contributed by atoms with Gasteiger partial charge in [-0.05, 0) is 24.3 Å². The molecule has 0 aliphatic rings. The molecule has 0 aromatic heterocycles. The highest BCUT2D eigenvalue weighted by atomic mass is 32.2. The van der Waals surface area contributed by atoms with Gasteiger partial charge in [-0.15, -0.1) is 0 Å². The number of nitrogens with one attached hydrogen (secondary N) is 1. The number of carbonyl (C=O) groups is 2. The number of carbonyl (C=O) groups excluding carboxylic acids is 1. The quantitative estimate of drug-likeness (QED) is 0.632. The number of nitrogens with zero attached hydrogens (tertiary/aromatic N) is 1. The molecule has 8 nitrogen and oxygen atoms in total. The average Bonchev–Trinajstić information content (AvgIpc) is 2.59. The highest BCUT2D eigenvalue weighted by molar-refractivity contribution is 7.89. The molecule has 1 unspecified atom stereocenters. The van der Waals surface area contributed by atoms with Gasteiger partial charge < -0.3 is 15.2 Å². The van der Waals surface area contributed by atoms with Gasteiger partial charge in [-0.3, -0.25) is 4.79 Å². The van der Waals surface area contributed by atoms with E-state index in [1.54, 1.807) is 13.8 Å². The van der Waals surface area contributed by atoms with Gasteiger partial charge in [-0.1, -0.05) is 13.8 Å². The summed E-state index contributed by atoms with van der Waals surface area (Å²) < 4.78 is 30.9. The highest BCUT2D eigenvalue weighted by Crippen LogP contribution is 2.16. The van der Waals surface area contributed by atoms with Crippen LogP contribution >= 0.6 is 0 Å². The summed E-state index contributed by atoms with van der Waals surface area (Å²) in [5.74, 6) is -1.75. The molecule has 0 bridgehead atoms. The number of amides is 1. The molecule has 0 heterocycles. The number of benzene rings is 1. The van der Waals surface area contributed by atoms with Crippen LogP contribution in [0.2, 0.25) is 0 Å². The third-order valence-electron chi connectivity index (χ3n) is 3.67. The van der Waals surface area contributed by atoms with E-state index in [-0.39, 0.29) is 23.5 Å². The van der Waals surface area contributed by atoms with Gasteiger partial charge in [0, 0.05) is 38.8 Å². The summed E-state index contributed by atoms with van der Waals surface area (Å²) >= 11 is 0. The van der Waals surface area contributed by atoms with Gasteiger partial charge in [-0.25, -0.2) is 13.2 Å². The fourth-order valence-electron chi connectivity index (χ4n) is 2.23. The third-order valence-corrected chi connectivity index (χ3v) is 5.74. The lowest BCUT2D eigenvalue weighted by molar-refractivity contribution is -0.139. The number of sulfonamides is 1. The molecule has 140 valence electrons. The summed E-state index contributed by atoms with van der Waals surface area (Å²) in [5, 5.41) is 11.5. The second kappa shape index (κ2) is 9.50. The van der Waals surface area contributed by atoms with E-state index in [0.29, 0.717) is 13.1 Å². The molecule has 0 saturated heterocycles. The first kappa shape index (κ1) is 21.1. The number of aliphatic carboxylic acids is 1. The van der Waals surface area contributed by atoms with Crippen LogP contribution in [0.15, 0.2) is 29.2 Å². The second-order valence-corrected chi connectivity index (χ2v) is 7.20. The van der Waals surface area contributed by atoms with Gasteiger partial charge in [0.1, 0.15) is 6.04 Å². The van der Waals surface area contributed by atoms with Gasteiger partial charge in [-0.2, -0.15) is 4.31 Å². The Morgan fingerprint density at radius 1 is 1.20 bits per heavy atom. The fourth-order valence-corrected chi connectivity index (χ4v) is 3.68. The second-order valence-electron chi connectivity index (χ2n) is 5.26. The van der Waals surface area contributed by atoms with Crippen LogP contribution in [0, 0.1) is 0 Å². The standard InChI is InChI=1S/C16H24N2O6S/c1-4-18(5-2)25(22,23)13-8-6-12(7-9-13)15(19)17-14(16(20)21)10-11-24-3/h6-9,14H,4-5,10-11H2,1-3H3,(H,17,19)(H,20,21). The molecule has 1 aromatic carbocycles. The van der Waals surface area contributed by atoms with Crippen molar-refractivity contribution >= 4 is 21.9 Å². The maximum Gasteiger partial charge on any atom is 0.326 e. The Balaban J connectivity index is 2.91. The summed E-state index contributed by atoms with van der Waals surface area (Å²) in [6.07, 6.45) is 0.131. The molecule has 1 atom stereocenters. The lowest BCUT2D eigenvalue weighted by Crippen LogP contribution is -2.41. The van der Waals surface area contributed by atoms with Crippen LogP contribution in [0.4, 0.5) is 0 Å². The first-order valence-corrected chi connectivity index (χ1v) is 9.34. The number of hydrogen-bond donors (Lipinski definition) is 2. The number of rotatable bonds is 10. The van der Waals surface area contributed by atoms with Crippen LogP contribution in [0.5, 0.6) is 0 Å². The molecule has 0 spiro atoms. The van der Waals surface area contributed by atoms with Gasteiger partial charge >= 0.3 is 5.97 Å². The van der Waals surface area contributed by atoms with Crippen LogP contribution in [0.25, 0.3) is 0 Å². The van der Waals surface area contributed by atoms with Crippen molar-refractivity contribution in [3.63, 3.8) is 0 Å². The third kappa shape index (κ3) is 5.52. The summed E-state index contributed by atoms with van der Waals surface area (Å²) in [6.45, 7) is 4.38. The zero-order valence-electron chi connectivity index (χ0n) is 14.6. The first-order valence-electron chi connectivity index (χ1n) is 7.90. The fraction of sp³-hybridized carbons (Fsp3) is 0.500. The molecule has 1 amide bonds. The summed E-state index contributed by atoms with van der Waals surface area (Å²) in [6, 6.07) is 4.33. The Bertz CT molecular complexity index is 683. The molecule has 2 N–H and O–H groups in total. The van der Waals surface area contributed by atoms with E-state index in [0.717, 1.165) is 0 Å². The molecule has 9 heteroatoms. The van der Waals surface area contributed by atoms with Gasteiger partial charge in [0.15, 0.2) is 0 Å². The van der Waals surface area contributed by atoms with Gasteiger partial charge in [0.2, 0.25) is 10.0 Å². The number of carboxylic acids is 1.